The minimum atomic E-state index is -0.254. The Bertz CT molecular complexity index is 1600. The van der Waals surface area contributed by atoms with Crippen LogP contribution in [0.2, 0.25) is 0 Å². The summed E-state index contributed by atoms with van der Waals surface area (Å²) in [5.41, 5.74) is 5.81. The molecule has 0 radical (unpaired) electrons. The van der Waals surface area contributed by atoms with Crippen LogP contribution in [0.1, 0.15) is 46.4 Å². The number of piperazine rings is 1. The predicted molar refractivity (Wildman–Crippen MR) is 173 cm³/mol. The lowest BCUT2D eigenvalue weighted by Gasteiger charge is -2.34. The molecule has 9 heteroatoms. The molecule has 4 heterocycles. The van der Waals surface area contributed by atoms with Gasteiger partial charge in [0.05, 0.1) is 5.52 Å². The van der Waals surface area contributed by atoms with Gasteiger partial charge in [-0.15, -0.1) is 12.4 Å². The first-order valence-electron chi connectivity index (χ1n) is 15.3. The summed E-state index contributed by atoms with van der Waals surface area (Å²) in [6.45, 7) is 5.54. The van der Waals surface area contributed by atoms with Gasteiger partial charge in [-0.25, -0.2) is 4.39 Å². The highest BCUT2D eigenvalue weighted by atomic mass is 35.5. The van der Waals surface area contributed by atoms with Crippen LogP contribution < -0.4 is 10.6 Å². The summed E-state index contributed by atoms with van der Waals surface area (Å²) >= 11 is 0. The molecule has 0 spiro atoms. The monoisotopic (exact) mass is 618 g/mol. The van der Waals surface area contributed by atoms with E-state index < -0.39 is 0 Å². The number of benzene rings is 2. The van der Waals surface area contributed by atoms with E-state index >= 15 is 0 Å². The molecule has 2 N–H and O–H groups in total. The van der Waals surface area contributed by atoms with Crippen molar-refractivity contribution in [3.05, 3.63) is 101 Å². The molecule has 2 fully saturated rings. The minimum absolute atomic E-state index is 0. The maximum atomic E-state index is 14.6. The Hall–Kier alpha value is -3.72. The zero-order valence-electron chi connectivity index (χ0n) is 25.1. The number of pyridine rings is 1. The topological polar surface area (TPSA) is 75.1 Å². The van der Waals surface area contributed by atoms with Crippen molar-refractivity contribution < 1.29 is 18.7 Å². The summed E-state index contributed by atoms with van der Waals surface area (Å²) in [5, 5.41) is 6.53. The Morgan fingerprint density at radius 2 is 1.80 bits per heavy atom. The highest BCUT2D eigenvalue weighted by Crippen LogP contribution is 2.36. The van der Waals surface area contributed by atoms with E-state index in [2.05, 4.69) is 22.8 Å². The highest BCUT2D eigenvalue weighted by Gasteiger charge is 2.31. The third-order valence-corrected chi connectivity index (χ3v) is 8.86. The van der Waals surface area contributed by atoms with Gasteiger partial charge in [0.1, 0.15) is 11.5 Å². The molecule has 0 unspecified atom stereocenters. The molecular formula is C35H40ClFN4O3. The first-order valence-corrected chi connectivity index (χ1v) is 15.3. The fourth-order valence-electron chi connectivity index (χ4n) is 6.43. The summed E-state index contributed by atoms with van der Waals surface area (Å²) in [6, 6.07) is 21.0. The number of nitrogens with one attached hydrogen (secondary N) is 2. The summed E-state index contributed by atoms with van der Waals surface area (Å²) < 4.78 is 22.0. The molecule has 0 saturated carbocycles. The van der Waals surface area contributed by atoms with Crippen molar-refractivity contribution in [1.29, 1.82) is 0 Å². The average Bonchev–Trinajstić information content (AvgIpc) is 3.36. The van der Waals surface area contributed by atoms with Crippen molar-refractivity contribution in [2.75, 3.05) is 39.4 Å². The normalized spacial score (nSPS) is 17.3. The molecule has 4 aromatic rings. The third-order valence-electron chi connectivity index (χ3n) is 8.86. The molecule has 2 saturated heterocycles. The molecule has 7 nitrogen and oxygen atoms in total. The van der Waals surface area contributed by atoms with Crippen LogP contribution >= 0.6 is 12.4 Å². The van der Waals surface area contributed by atoms with E-state index in [-0.39, 0.29) is 36.1 Å². The number of hydrogen-bond acceptors (Lipinski definition) is 4. The molecule has 44 heavy (non-hydrogen) atoms. The minimum Gasteiger partial charge on any atom is -0.381 e. The molecule has 2 aliphatic rings. The lowest BCUT2D eigenvalue weighted by molar-refractivity contribution is -0.122. The second-order valence-electron chi connectivity index (χ2n) is 11.7. The van der Waals surface area contributed by atoms with E-state index in [0.29, 0.717) is 56.2 Å². The van der Waals surface area contributed by atoms with Gasteiger partial charge in [-0.05, 0) is 66.1 Å². The van der Waals surface area contributed by atoms with Crippen LogP contribution in [0.3, 0.4) is 0 Å². The van der Waals surface area contributed by atoms with E-state index in [1.807, 2.05) is 58.0 Å². The predicted octanol–water partition coefficient (Wildman–Crippen LogP) is 5.41. The van der Waals surface area contributed by atoms with Gasteiger partial charge in [0, 0.05) is 70.0 Å². The molecule has 2 aromatic heterocycles. The van der Waals surface area contributed by atoms with Crippen LogP contribution in [-0.2, 0) is 16.0 Å². The second kappa shape index (κ2) is 14.4. The van der Waals surface area contributed by atoms with Crippen molar-refractivity contribution in [3.8, 4) is 11.1 Å². The number of amides is 2. The molecule has 2 aromatic carbocycles. The number of nitrogens with zero attached hydrogens (tertiary/aromatic N) is 2. The Morgan fingerprint density at radius 1 is 1.02 bits per heavy atom. The van der Waals surface area contributed by atoms with Crippen molar-refractivity contribution in [1.82, 2.24) is 19.9 Å². The third kappa shape index (κ3) is 6.83. The Morgan fingerprint density at radius 3 is 2.59 bits per heavy atom. The number of rotatable bonds is 8. The van der Waals surface area contributed by atoms with Crippen LogP contribution in [-0.4, -0.2) is 66.5 Å². The summed E-state index contributed by atoms with van der Waals surface area (Å²) in [4.78, 5) is 29.2. The van der Waals surface area contributed by atoms with Crippen LogP contribution in [0.25, 0.3) is 16.6 Å². The van der Waals surface area contributed by atoms with Gasteiger partial charge in [-0.2, -0.15) is 0 Å². The van der Waals surface area contributed by atoms with E-state index in [1.54, 1.807) is 13.0 Å². The summed E-state index contributed by atoms with van der Waals surface area (Å²) in [7, 11) is 0. The van der Waals surface area contributed by atoms with Crippen molar-refractivity contribution >= 4 is 29.7 Å². The van der Waals surface area contributed by atoms with Crippen LogP contribution in [0.4, 0.5) is 4.39 Å². The van der Waals surface area contributed by atoms with Crippen molar-refractivity contribution in [3.63, 3.8) is 0 Å². The maximum absolute atomic E-state index is 14.6. The van der Waals surface area contributed by atoms with Gasteiger partial charge < -0.3 is 24.7 Å². The zero-order chi connectivity index (χ0) is 29.8. The van der Waals surface area contributed by atoms with Gasteiger partial charge in [0.15, 0.2) is 0 Å². The number of ether oxygens (including phenoxy) is 1. The number of carbonyl (C=O) groups excluding carboxylic acids is 2. The number of hydrogen-bond donors (Lipinski definition) is 2. The van der Waals surface area contributed by atoms with Crippen LogP contribution in [0.5, 0.6) is 0 Å². The SMILES string of the molecule is Cc1c(F)cccc1Cc1c(-c2ccccc2)c2ccccn2c1C(=O)N1CCN[C@@H](CC(=O)NCC2CCOCC2)C1.Cl. The highest BCUT2D eigenvalue weighted by molar-refractivity contribution is 6.01. The summed E-state index contributed by atoms with van der Waals surface area (Å²) in [6.07, 6.45) is 4.60. The molecule has 1 atom stereocenters. The van der Waals surface area contributed by atoms with E-state index in [9.17, 15) is 14.0 Å². The Kier molecular flexibility index (Phi) is 10.4. The maximum Gasteiger partial charge on any atom is 0.271 e. The first kappa shape index (κ1) is 31.7. The van der Waals surface area contributed by atoms with Gasteiger partial charge in [0.2, 0.25) is 5.91 Å². The Labute approximate surface area is 264 Å². The molecule has 2 amide bonds. The van der Waals surface area contributed by atoms with Crippen molar-refractivity contribution in [2.24, 2.45) is 5.92 Å². The van der Waals surface area contributed by atoms with Gasteiger partial charge in [-0.3, -0.25) is 9.59 Å². The number of halogens is 2. The largest absolute Gasteiger partial charge is 0.381 e. The number of fused-ring (bicyclic) bond motifs is 1. The summed E-state index contributed by atoms with van der Waals surface area (Å²) in [5.74, 6) is 0.119. The zero-order valence-corrected chi connectivity index (χ0v) is 25.9. The Balaban J connectivity index is 0.00000384. The van der Waals surface area contributed by atoms with Crippen LogP contribution in [0.15, 0.2) is 72.9 Å². The fourth-order valence-corrected chi connectivity index (χ4v) is 6.43. The average molecular weight is 619 g/mol. The molecule has 232 valence electrons. The van der Waals surface area contributed by atoms with Gasteiger partial charge in [-0.1, -0.05) is 48.5 Å². The number of carbonyl (C=O) groups is 2. The molecule has 2 aliphatic heterocycles. The molecule has 0 aliphatic carbocycles. The number of aromatic nitrogens is 1. The smallest absolute Gasteiger partial charge is 0.271 e. The van der Waals surface area contributed by atoms with Gasteiger partial charge >= 0.3 is 0 Å². The molecular weight excluding hydrogens is 579 g/mol. The molecule has 6 rings (SSSR count). The first-order chi connectivity index (χ1) is 21.0. The quantitative estimate of drug-likeness (QED) is 0.277. The van der Waals surface area contributed by atoms with E-state index in [0.717, 1.165) is 53.8 Å². The lowest BCUT2D eigenvalue weighted by Crippen LogP contribution is -2.54. The van der Waals surface area contributed by atoms with E-state index in [1.165, 1.54) is 6.07 Å². The second-order valence-corrected chi connectivity index (χ2v) is 11.7. The standard InChI is InChI=1S/C35H39FN4O3.ClH/c1-24-27(10-7-11-30(24)36)20-29-33(26-8-3-2-4-9-26)31-12-5-6-16-40(31)34(29)35(42)39-17-15-37-28(23-39)21-32(41)38-22-25-13-18-43-19-14-25;/h2-12,16,25,28,37H,13-15,17-23H2,1H3,(H,38,41);1H/t28-;/m0./s1. The lowest BCUT2D eigenvalue weighted by atomic mass is 9.93. The van der Waals surface area contributed by atoms with Gasteiger partial charge in [0.25, 0.3) is 5.91 Å². The van der Waals surface area contributed by atoms with Crippen LogP contribution in [0, 0.1) is 18.7 Å². The van der Waals surface area contributed by atoms with Crippen molar-refractivity contribution in [2.45, 2.75) is 38.6 Å². The fraction of sp³-hybridized carbons (Fsp3) is 0.371. The molecule has 0 bridgehead atoms. The van der Waals surface area contributed by atoms with E-state index in [4.69, 9.17) is 4.74 Å².